The largest absolute Gasteiger partial charge is 0.360 e. The molecule has 1 fully saturated rings. The number of nitrogens with zero attached hydrogens (tertiary/aromatic N) is 2. The summed E-state index contributed by atoms with van der Waals surface area (Å²) in [6.45, 7) is 2.01. The maximum absolute atomic E-state index is 11.8. The molecule has 6 heteroatoms. The van der Waals surface area contributed by atoms with Crippen LogP contribution in [0.4, 0.5) is 5.82 Å². The molecule has 1 saturated heterocycles. The summed E-state index contributed by atoms with van der Waals surface area (Å²) in [6, 6.07) is 1.75. The van der Waals surface area contributed by atoms with Crippen molar-refractivity contribution in [2.45, 2.75) is 12.8 Å². The topological polar surface area (TPSA) is 45.2 Å². The van der Waals surface area contributed by atoms with Gasteiger partial charge in [0, 0.05) is 19.3 Å². The van der Waals surface area contributed by atoms with Crippen molar-refractivity contribution in [3.05, 3.63) is 21.8 Å². The van der Waals surface area contributed by atoms with Gasteiger partial charge in [0.2, 0.25) is 5.91 Å². The second-order valence-corrected chi connectivity index (χ2v) is 5.22. The third kappa shape index (κ3) is 3.33. The van der Waals surface area contributed by atoms with E-state index in [4.69, 9.17) is 11.6 Å². The molecule has 1 aromatic heterocycles. The van der Waals surface area contributed by atoms with E-state index < -0.39 is 0 Å². The minimum absolute atomic E-state index is 0.117. The molecule has 1 aromatic rings. The molecule has 2 rings (SSSR count). The lowest BCUT2D eigenvalue weighted by atomic mass is 10.4. The quantitative estimate of drug-likeness (QED) is 0.931. The van der Waals surface area contributed by atoms with Gasteiger partial charge < -0.3 is 10.2 Å². The first kappa shape index (κ1) is 12.6. The van der Waals surface area contributed by atoms with Gasteiger partial charge in [-0.2, -0.15) is 0 Å². The zero-order chi connectivity index (χ0) is 12.3. The lowest BCUT2D eigenvalue weighted by Gasteiger charge is -2.16. The predicted molar refractivity (Wildman–Crippen MR) is 71.3 cm³/mol. The van der Waals surface area contributed by atoms with Crippen molar-refractivity contribution in [1.82, 2.24) is 9.88 Å². The summed E-state index contributed by atoms with van der Waals surface area (Å²) in [5.41, 5.74) is 0. The van der Waals surface area contributed by atoms with E-state index in [1.165, 1.54) is 0 Å². The number of hydrogen-bond donors (Lipinski definition) is 1. The van der Waals surface area contributed by atoms with E-state index in [0.29, 0.717) is 10.8 Å². The Labute approximate surface area is 113 Å². The number of amides is 1. The number of carbonyl (C=O) groups excluding carboxylic acids is 1. The van der Waals surface area contributed by atoms with Gasteiger partial charge in [-0.05, 0) is 34.8 Å². The van der Waals surface area contributed by atoms with Crippen molar-refractivity contribution in [3.63, 3.8) is 0 Å². The molecule has 1 aliphatic rings. The Morgan fingerprint density at radius 2 is 2.24 bits per heavy atom. The van der Waals surface area contributed by atoms with E-state index in [1.807, 2.05) is 4.90 Å². The van der Waals surface area contributed by atoms with Crippen molar-refractivity contribution in [3.8, 4) is 0 Å². The summed E-state index contributed by atoms with van der Waals surface area (Å²) >= 11 is 9.13. The standard InChI is InChI=1S/C11H13BrClN3O/c12-9-5-8(13)6-14-11(9)15-7-10(17)16-3-1-2-4-16/h5-6H,1-4,7H2,(H,14,15). The van der Waals surface area contributed by atoms with Crippen LogP contribution in [0.5, 0.6) is 0 Å². The average Bonchev–Trinajstić information content (AvgIpc) is 2.81. The highest BCUT2D eigenvalue weighted by Gasteiger charge is 2.17. The van der Waals surface area contributed by atoms with Crippen molar-refractivity contribution in [1.29, 1.82) is 0 Å². The SMILES string of the molecule is O=C(CNc1ncc(Cl)cc1Br)N1CCCC1. The van der Waals surface area contributed by atoms with E-state index in [2.05, 4.69) is 26.2 Å². The summed E-state index contributed by atoms with van der Waals surface area (Å²) < 4.78 is 0.763. The predicted octanol–water partition coefficient (Wildman–Crippen LogP) is 2.53. The van der Waals surface area contributed by atoms with Gasteiger partial charge in [0.1, 0.15) is 5.82 Å². The van der Waals surface area contributed by atoms with Crippen molar-refractivity contribution in [2.75, 3.05) is 25.0 Å². The molecule has 0 radical (unpaired) electrons. The van der Waals surface area contributed by atoms with Gasteiger partial charge in [-0.3, -0.25) is 4.79 Å². The molecular formula is C11H13BrClN3O. The first-order valence-electron chi connectivity index (χ1n) is 5.49. The van der Waals surface area contributed by atoms with Crippen LogP contribution in [0.25, 0.3) is 0 Å². The summed E-state index contributed by atoms with van der Waals surface area (Å²) in [4.78, 5) is 17.8. The number of anilines is 1. The average molecular weight is 319 g/mol. The van der Waals surface area contributed by atoms with Crippen LogP contribution in [0.3, 0.4) is 0 Å². The first-order valence-corrected chi connectivity index (χ1v) is 6.66. The molecule has 1 N–H and O–H groups in total. The second kappa shape index (κ2) is 5.69. The maximum Gasteiger partial charge on any atom is 0.241 e. The molecule has 0 unspecified atom stereocenters. The normalized spacial score (nSPS) is 15.1. The molecule has 1 amide bonds. The fourth-order valence-electron chi connectivity index (χ4n) is 1.78. The Morgan fingerprint density at radius 3 is 2.88 bits per heavy atom. The van der Waals surface area contributed by atoms with E-state index in [1.54, 1.807) is 12.3 Å². The number of hydrogen-bond acceptors (Lipinski definition) is 3. The van der Waals surface area contributed by atoms with Crippen LogP contribution in [0.1, 0.15) is 12.8 Å². The van der Waals surface area contributed by atoms with Gasteiger partial charge in [0.15, 0.2) is 0 Å². The van der Waals surface area contributed by atoms with Crippen LogP contribution < -0.4 is 5.32 Å². The number of carbonyl (C=O) groups is 1. The minimum atomic E-state index is 0.117. The highest BCUT2D eigenvalue weighted by atomic mass is 79.9. The van der Waals surface area contributed by atoms with Crippen molar-refractivity contribution >= 4 is 39.3 Å². The highest BCUT2D eigenvalue weighted by Crippen LogP contribution is 2.22. The van der Waals surface area contributed by atoms with Crippen LogP contribution in [-0.4, -0.2) is 35.4 Å². The van der Waals surface area contributed by atoms with E-state index in [-0.39, 0.29) is 12.5 Å². The fourth-order valence-corrected chi connectivity index (χ4v) is 2.56. The van der Waals surface area contributed by atoms with Crippen LogP contribution in [0.2, 0.25) is 5.02 Å². The van der Waals surface area contributed by atoms with Gasteiger partial charge in [-0.15, -0.1) is 0 Å². The zero-order valence-electron chi connectivity index (χ0n) is 9.25. The van der Waals surface area contributed by atoms with Gasteiger partial charge >= 0.3 is 0 Å². The lowest BCUT2D eigenvalue weighted by molar-refractivity contribution is -0.128. The molecule has 0 saturated carbocycles. The van der Waals surface area contributed by atoms with Gasteiger partial charge in [-0.1, -0.05) is 11.6 Å². The van der Waals surface area contributed by atoms with E-state index in [0.717, 1.165) is 30.4 Å². The zero-order valence-corrected chi connectivity index (χ0v) is 11.6. The third-order valence-electron chi connectivity index (χ3n) is 2.67. The maximum atomic E-state index is 11.8. The molecule has 0 atom stereocenters. The van der Waals surface area contributed by atoms with Crippen LogP contribution >= 0.6 is 27.5 Å². The molecule has 17 heavy (non-hydrogen) atoms. The number of pyridine rings is 1. The summed E-state index contributed by atoms with van der Waals surface area (Å²) in [5.74, 6) is 0.757. The second-order valence-electron chi connectivity index (χ2n) is 3.93. The molecular weight excluding hydrogens is 305 g/mol. The number of rotatable bonds is 3. The molecule has 92 valence electrons. The summed E-state index contributed by atoms with van der Waals surface area (Å²) in [7, 11) is 0. The van der Waals surface area contributed by atoms with Crippen LogP contribution in [0.15, 0.2) is 16.7 Å². The monoisotopic (exact) mass is 317 g/mol. The molecule has 0 aromatic carbocycles. The molecule has 0 spiro atoms. The van der Waals surface area contributed by atoms with Gasteiger partial charge in [0.05, 0.1) is 16.0 Å². The van der Waals surface area contributed by atoms with Crippen LogP contribution in [-0.2, 0) is 4.79 Å². The molecule has 2 heterocycles. The Hall–Kier alpha value is -0.810. The molecule has 0 bridgehead atoms. The van der Waals surface area contributed by atoms with E-state index in [9.17, 15) is 4.79 Å². The minimum Gasteiger partial charge on any atom is -0.360 e. The Bertz CT molecular complexity index is 421. The lowest BCUT2D eigenvalue weighted by Crippen LogP contribution is -2.33. The van der Waals surface area contributed by atoms with Gasteiger partial charge in [-0.25, -0.2) is 4.98 Å². The summed E-state index contributed by atoms with van der Waals surface area (Å²) in [5, 5.41) is 3.57. The van der Waals surface area contributed by atoms with Gasteiger partial charge in [0.25, 0.3) is 0 Å². The smallest absolute Gasteiger partial charge is 0.241 e. The van der Waals surface area contributed by atoms with Crippen LogP contribution in [0, 0.1) is 0 Å². The first-order chi connectivity index (χ1) is 8.16. The Kier molecular flexibility index (Phi) is 4.23. The number of halogens is 2. The number of likely N-dealkylation sites (tertiary alicyclic amines) is 1. The fraction of sp³-hybridized carbons (Fsp3) is 0.455. The van der Waals surface area contributed by atoms with E-state index >= 15 is 0 Å². The molecule has 1 aliphatic heterocycles. The van der Waals surface area contributed by atoms with Crippen molar-refractivity contribution in [2.24, 2.45) is 0 Å². The summed E-state index contributed by atoms with van der Waals surface area (Å²) in [6.07, 6.45) is 3.76. The number of aromatic nitrogens is 1. The van der Waals surface area contributed by atoms with Crippen molar-refractivity contribution < 1.29 is 4.79 Å². The Balaban J connectivity index is 1.90. The number of nitrogens with one attached hydrogen (secondary N) is 1. The molecule has 4 nitrogen and oxygen atoms in total. The third-order valence-corrected chi connectivity index (χ3v) is 3.48. The highest BCUT2D eigenvalue weighted by molar-refractivity contribution is 9.10. The Morgan fingerprint density at radius 1 is 1.53 bits per heavy atom. The molecule has 0 aliphatic carbocycles.